The van der Waals surface area contributed by atoms with E-state index in [9.17, 15) is 0 Å². The Labute approximate surface area is 95.1 Å². The number of nitrogen functional groups attached to an aromatic ring is 1. The van der Waals surface area contributed by atoms with Crippen LogP contribution in [0.5, 0.6) is 0 Å². The van der Waals surface area contributed by atoms with Gasteiger partial charge in [0.1, 0.15) is 0 Å². The Morgan fingerprint density at radius 1 is 1.19 bits per heavy atom. The van der Waals surface area contributed by atoms with Crippen LogP contribution in [0.15, 0.2) is 30.7 Å². The molecule has 0 fully saturated rings. The molecule has 0 amide bonds. The highest BCUT2D eigenvalue weighted by Gasteiger charge is 2.21. The van der Waals surface area contributed by atoms with Crippen molar-refractivity contribution < 1.29 is 0 Å². The predicted molar refractivity (Wildman–Crippen MR) is 64.5 cm³/mol. The Balaban J connectivity index is 2.47. The molecule has 2 heterocycles. The third-order valence-electron chi connectivity index (χ3n) is 2.38. The number of nitrogens with zero attached hydrogens (tertiary/aromatic N) is 3. The zero-order valence-corrected chi connectivity index (χ0v) is 9.81. The third kappa shape index (κ3) is 1.91. The molecule has 4 heteroatoms. The summed E-state index contributed by atoms with van der Waals surface area (Å²) < 4.78 is 1.79. The monoisotopic (exact) mass is 216 g/mol. The van der Waals surface area contributed by atoms with Crippen molar-refractivity contribution in [3.05, 3.63) is 36.4 Å². The summed E-state index contributed by atoms with van der Waals surface area (Å²) in [6, 6.07) is 3.80. The molecule has 2 aromatic rings. The van der Waals surface area contributed by atoms with E-state index >= 15 is 0 Å². The highest BCUT2D eigenvalue weighted by Crippen LogP contribution is 2.26. The van der Waals surface area contributed by atoms with Gasteiger partial charge in [-0.3, -0.25) is 4.98 Å². The van der Waals surface area contributed by atoms with Gasteiger partial charge in [0.2, 0.25) is 0 Å². The molecule has 0 spiro atoms. The van der Waals surface area contributed by atoms with Crippen molar-refractivity contribution in [1.29, 1.82) is 0 Å². The smallest absolute Gasteiger partial charge is 0.0911 e. The van der Waals surface area contributed by atoms with Gasteiger partial charge in [0.25, 0.3) is 0 Å². The van der Waals surface area contributed by atoms with Crippen LogP contribution in [-0.4, -0.2) is 14.8 Å². The molecule has 2 rings (SSSR count). The summed E-state index contributed by atoms with van der Waals surface area (Å²) in [6.07, 6.45) is 5.32. The molecule has 0 aliphatic rings. The molecule has 0 unspecified atom stereocenters. The second kappa shape index (κ2) is 3.63. The Morgan fingerprint density at radius 3 is 2.31 bits per heavy atom. The molecular formula is C12H16N4. The van der Waals surface area contributed by atoms with Gasteiger partial charge < -0.3 is 5.73 Å². The lowest BCUT2D eigenvalue weighted by molar-refractivity contribution is 0.562. The standard InChI is InChI=1S/C12H16N4/c1-12(2,3)11-10(13)8-16(15-11)9-4-6-14-7-5-9/h4-8H,13H2,1-3H3. The maximum Gasteiger partial charge on any atom is 0.0911 e. The predicted octanol–water partition coefficient (Wildman–Crippen LogP) is 2.15. The third-order valence-corrected chi connectivity index (χ3v) is 2.38. The molecular weight excluding hydrogens is 200 g/mol. The van der Waals surface area contributed by atoms with E-state index in [-0.39, 0.29) is 5.41 Å². The van der Waals surface area contributed by atoms with Crippen molar-refractivity contribution in [3.8, 4) is 5.69 Å². The van der Waals surface area contributed by atoms with Crippen LogP contribution in [0.4, 0.5) is 5.69 Å². The summed E-state index contributed by atoms with van der Waals surface area (Å²) in [7, 11) is 0. The fourth-order valence-corrected chi connectivity index (χ4v) is 1.60. The molecule has 0 aromatic carbocycles. The van der Waals surface area contributed by atoms with Gasteiger partial charge in [-0.1, -0.05) is 20.8 Å². The van der Waals surface area contributed by atoms with E-state index in [1.54, 1.807) is 17.1 Å². The Kier molecular flexibility index (Phi) is 2.42. The van der Waals surface area contributed by atoms with Crippen LogP contribution in [-0.2, 0) is 5.41 Å². The minimum Gasteiger partial charge on any atom is -0.396 e. The number of pyridine rings is 1. The average molecular weight is 216 g/mol. The van der Waals surface area contributed by atoms with Crippen molar-refractivity contribution in [2.24, 2.45) is 0 Å². The molecule has 0 saturated heterocycles. The van der Waals surface area contributed by atoms with Crippen molar-refractivity contribution in [1.82, 2.24) is 14.8 Å². The van der Waals surface area contributed by atoms with Crippen LogP contribution in [0.3, 0.4) is 0 Å². The van der Waals surface area contributed by atoms with E-state index in [0.29, 0.717) is 0 Å². The van der Waals surface area contributed by atoms with Crippen molar-refractivity contribution in [2.75, 3.05) is 5.73 Å². The van der Waals surface area contributed by atoms with Gasteiger partial charge in [-0.2, -0.15) is 5.10 Å². The number of hydrogen-bond donors (Lipinski definition) is 1. The minimum atomic E-state index is -0.0393. The summed E-state index contributed by atoms with van der Waals surface area (Å²) in [5, 5.41) is 4.52. The molecule has 2 aromatic heterocycles. The quantitative estimate of drug-likeness (QED) is 0.794. The van der Waals surface area contributed by atoms with Gasteiger partial charge in [-0.15, -0.1) is 0 Å². The van der Waals surface area contributed by atoms with E-state index in [0.717, 1.165) is 17.1 Å². The van der Waals surface area contributed by atoms with Crippen LogP contribution < -0.4 is 5.73 Å². The first-order valence-corrected chi connectivity index (χ1v) is 5.24. The molecule has 16 heavy (non-hydrogen) atoms. The minimum absolute atomic E-state index is 0.0393. The van der Waals surface area contributed by atoms with Crippen LogP contribution >= 0.6 is 0 Å². The maximum absolute atomic E-state index is 5.97. The zero-order chi connectivity index (χ0) is 11.8. The van der Waals surface area contributed by atoms with Crippen LogP contribution in [0.1, 0.15) is 26.5 Å². The number of aromatic nitrogens is 3. The van der Waals surface area contributed by atoms with Gasteiger partial charge in [-0.05, 0) is 12.1 Å². The van der Waals surface area contributed by atoms with Gasteiger partial charge in [0.15, 0.2) is 0 Å². The number of anilines is 1. The molecule has 2 N–H and O–H groups in total. The lowest BCUT2D eigenvalue weighted by Gasteiger charge is -2.15. The summed E-state index contributed by atoms with van der Waals surface area (Å²) in [4.78, 5) is 3.98. The SMILES string of the molecule is CC(C)(C)c1nn(-c2ccncc2)cc1N. The van der Waals surface area contributed by atoms with Crippen molar-refractivity contribution in [2.45, 2.75) is 26.2 Å². The van der Waals surface area contributed by atoms with Crippen LogP contribution in [0.25, 0.3) is 5.69 Å². The maximum atomic E-state index is 5.97. The molecule has 0 aliphatic carbocycles. The van der Waals surface area contributed by atoms with E-state index in [1.807, 2.05) is 18.3 Å². The second-order valence-electron chi connectivity index (χ2n) is 4.83. The van der Waals surface area contributed by atoms with Gasteiger partial charge in [0, 0.05) is 17.8 Å². The van der Waals surface area contributed by atoms with Crippen molar-refractivity contribution in [3.63, 3.8) is 0 Å². The van der Waals surface area contributed by atoms with Gasteiger partial charge >= 0.3 is 0 Å². The number of hydrogen-bond acceptors (Lipinski definition) is 3. The van der Waals surface area contributed by atoms with E-state index in [4.69, 9.17) is 5.73 Å². The Bertz CT molecular complexity index is 479. The molecule has 0 saturated carbocycles. The topological polar surface area (TPSA) is 56.7 Å². The van der Waals surface area contributed by atoms with E-state index in [2.05, 4.69) is 30.9 Å². The van der Waals surface area contributed by atoms with E-state index in [1.165, 1.54) is 0 Å². The molecule has 0 aliphatic heterocycles. The van der Waals surface area contributed by atoms with Gasteiger partial charge in [0.05, 0.1) is 23.3 Å². The second-order valence-corrected chi connectivity index (χ2v) is 4.83. The number of rotatable bonds is 1. The average Bonchev–Trinajstić information content (AvgIpc) is 2.61. The summed E-state index contributed by atoms with van der Waals surface area (Å²) >= 11 is 0. The highest BCUT2D eigenvalue weighted by atomic mass is 15.3. The van der Waals surface area contributed by atoms with Crippen LogP contribution in [0, 0.1) is 0 Å². The molecule has 4 nitrogen and oxygen atoms in total. The first kappa shape index (κ1) is 10.7. The molecule has 0 atom stereocenters. The summed E-state index contributed by atoms with van der Waals surface area (Å²) in [6.45, 7) is 6.30. The summed E-state index contributed by atoms with van der Waals surface area (Å²) in [5.41, 5.74) is 8.54. The van der Waals surface area contributed by atoms with E-state index < -0.39 is 0 Å². The summed E-state index contributed by atoms with van der Waals surface area (Å²) in [5.74, 6) is 0. The highest BCUT2D eigenvalue weighted by molar-refractivity contribution is 5.47. The lowest BCUT2D eigenvalue weighted by atomic mass is 9.92. The zero-order valence-electron chi connectivity index (χ0n) is 9.81. The molecule has 0 radical (unpaired) electrons. The first-order valence-electron chi connectivity index (χ1n) is 5.24. The molecule has 84 valence electrons. The number of nitrogens with two attached hydrogens (primary N) is 1. The largest absolute Gasteiger partial charge is 0.396 e. The fraction of sp³-hybridized carbons (Fsp3) is 0.333. The molecule has 0 bridgehead atoms. The fourth-order valence-electron chi connectivity index (χ4n) is 1.60. The first-order chi connectivity index (χ1) is 7.48. The van der Waals surface area contributed by atoms with Crippen LogP contribution in [0.2, 0.25) is 0 Å². The normalized spacial score (nSPS) is 11.7. The lowest BCUT2D eigenvalue weighted by Crippen LogP contribution is -2.14. The van der Waals surface area contributed by atoms with Gasteiger partial charge in [-0.25, -0.2) is 4.68 Å². The van der Waals surface area contributed by atoms with Crippen molar-refractivity contribution >= 4 is 5.69 Å². The Hall–Kier alpha value is -1.84. The Morgan fingerprint density at radius 2 is 1.81 bits per heavy atom.